The molecule has 1 aromatic heterocycles. The number of alkyl halides is 3. The van der Waals surface area contributed by atoms with Gasteiger partial charge in [-0.15, -0.1) is 10.2 Å². The summed E-state index contributed by atoms with van der Waals surface area (Å²) < 4.78 is 47.4. The van der Waals surface area contributed by atoms with E-state index in [4.69, 9.17) is 4.74 Å². The Morgan fingerprint density at radius 1 is 1.09 bits per heavy atom. The molecule has 3 aromatic rings. The van der Waals surface area contributed by atoms with Crippen molar-refractivity contribution < 1.29 is 22.7 Å². The molecule has 2 aromatic carbocycles. The van der Waals surface area contributed by atoms with E-state index in [1.807, 2.05) is 42.7 Å². The van der Waals surface area contributed by atoms with Crippen LogP contribution >= 0.6 is 11.8 Å². The number of nitrogens with zero attached hydrogens (tertiary/aromatic N) is 3. The van der Waals surface area contributed by atoms with Gasteiger partial charge in [-0.2, -0.15) is 13.2 Å². The summed E-state index contributed by atoms with van der Waals surface area (Å²) in [6.07, 6.45) is -4.96. The van der Waals surface area contributed by atoms with E-state index in [1.165, 1.54) is 23.8 Å². The molecule has 0 spiro atoms. The Morgan fingerprint density at radius 3 is 2.34 bits per heavy atom. The highest BCUT2D eigenvalue weighted by Gasteiger charge is 2.33. The zero-order chi connectivity index (χ0) is 25.8. The van der Waals surface area contributed by atoms with E-state index in [0.29, 0.717) is 23.3 Å². The van der Waals surface area contributed by atoms with Gasteiger partial charge in [0.2, 0.25) is 5.91 Å². The van der Waals surface area contributed by atoms with Gasteiger partial charge in [-0.1, -0.05) is 56.8 Å². The summed E-state index contributed by atoms with van der Waals surface area (Å²) in [6.45, 7) is 10.8. The molecule has 6 nitrogen and oxygen atoms in total. The number of amides is 1. The lowest BCUT2D eigenvalue weighted by Gasteiger charge is -2.20. The van der Waals surface area contributed by atoms with Gasteiger partial charge in [0.1, 0.15) is 5.75 Å². The number of carbonyl (C=O) groups is 1. The van der Waals surface area contributed by atoms with Crippen molar-refractivity contribution in [2.45, 2.75) is 64.0 Å². The predicted molar refractivity (Wildman–Crippen MR) is 131 cm³/mol. The van der Waals surface area contributed by atoms with Gasteiger partial charge < -0.3 is 14.6 Å². The fourth-order valence-electron chi connectivity index (χ4n) is 3.45. The largest absolute Gasteiger partial charge is 0.483 e. The van der Waals surface area contributed by atoms with E-state index in [0.717, 1.165) is 17.8 Å². The van der Waals surface area contributed by atoms with Crippen LogP contribution in [0.25, 0.3) is 0 Å². The number of aromatic nitrogens is 3. The Balaban J connectivity index is 1.65. The Kier molecular flexibility index (Phi) is 8.15. The molecule has 3 rings (SSSR count). The summed E-state index contributed by atoms with van der Waals surface area (Å²) in [5, 5.41) is 11.2. The Morgan fingerprint density at radius 2 is 1.74 bits per heavy atom. The fraction of sp³-hybridized carbons (Fsp3) is 0.400. The van der Waals surface area contributed by atoms with Crippen molar-refractivity contribution in [3.63, 3.8) is 0 Å². The number of ether oxygens (including phenoxy) is 1. The first-order valence-corrected chi connectivity index (χ1v) is 12.2. The molecular formula is C25H29F3N4O2S. The number of nitrogens with one attached hydrogen (secondary N) is 1. The Hall–Kier alpha value is -3.01. The zero-order valence-electron chi connectivity index (χ0n) is 20.3. The number of hydrogen-bond acceptors (Lipinski definition) is 5. The molecule has 0 aliphatic heterocycles. The summed E-state index contributed by atoms with van der Waals surface area (Å²) in [6, 6.07) is 12.8. The fourth-order valence-corrected chi connectivity index (χ4v) is 4.26. The monoisotopic (exact) mass is 506 g/mol. The average Bonchev–Trinajstić information content (AvgIpc) is 3.20. The summed E-state index contributed by atoms with van der Waals surface area (Å²) in [4.78, 5) is 12.4. The van der Waals surface area contributed by atoms with Gasteiger partial charge in [0, 0.05) is 6.54 Å². The first-order chi connectivity index (χ1) is 16.4. The molecule has 10 heteroatoms. The third kappa shape index (κ3) is 6.78. The Labute approximate surface area is 207 Å². The second-order valence-electron chi connectivity index (χ2n) is 9.00. The molecule has 188 valence electrons. The number of thioether (sulfide) groups is 1. The van der Waals surface area contributed by atoms with E-state index < -0.39 is 23.8 Å². The van der Waals surface area contributed by atoms with Crippen LogP contribution < -0.4 is 10.1 Å². The molecule has 0 saturated heterocycles. The number of rotatable bonds is 8. The average molecular weight is 507 g/mol. The second kappa shape index (κ2) is 10.7. The molecule has 1 unspecified atom stereocenters. The lowest BCUT2D eigenvalue weighted by molar-refractivity contribution is -0.137. The quantitative estimate of drug-likeness (QED) is 0.354. The van der Waals surface area contributed by atoms with Crippen molar-refractivity contribution in [2.75, 3.05) is 11.1 Å². The van der Waals surface area contributed by atoms with Crippen molar-refractivity contribution in [1.29, 1.82) is 0 Å². The summed E-state index contributed by atoms with van der Waals surface area (Å²) >= 11 is 1.10. The number of para-hydroxylation sites is 1. The zero-order valence-corrected chi connectivity index (χ0v) is 21.1. The van der Waals surface area contributed by atoms with Crippen LogP contribution in [0.5, 0.6) is 5.75 Å². The third-order valence-electron chi connectivity index (χ3n) is 5.30. The normalized spacial score (nSPS) is 12.9. The lowest BCUT2D eigenvalue weighted by atomic mass is 9.87. The molecule has 1 amide bonds. The number of hydrogen-bond donors (Lipinski definition) is 1. The SMILES string of the molecule is CCn1c(SCC(=O)Nc2ccccc2C(F)(F)F)nnc1C(C)Oc1ccc(C(C)(C)C)cc1. The number of halogens is 3. The summed E-state index contributed by atoms with van der Waals surface area (Å²) in [5.74, 6) is 0.612. The van der Waals surface area contributed by atoms with E-state index >= 15 is 0 Å². The van der Waals surface area contributed by atoms with E-state index in [9.17, 15) is 18.0 Å². The van der Waals surface area contributed by atoms with Gasteiger partial charge in [0.05, 0.1) is 17.0 Å². The van der Waals surface area contributed by atoms with Crippen LogP contribution in [-0.4, -0.2) is 26.4 Å². The topological polar surface area (TPSA) is 69.0 Å². The van der Waals surface area contributed by atoms with Gasteiger partial charge in [-0.05, 0) is 49.1 Å². The van der Waals surface area contributed by atoms with Gasteiger partial charge >= 0.3 is 6.18 Å². The number of carbonyl (C=O) groups excluding carboxylic acids is 1. The summed E-state index contributed by atoms with van der Waals surface area (Å²) in [5.41, 5.74) is 0.0745. The highest BCUT2D eigenvalue weighted by Crippen LogP contribution is 2.35. The molecule has 0 aliphatic carbocycles. The third-order valence-corrected chi connectivity index (χ3v) is 6.26. The lowest BCUT2D eigenvalue weighted by Crippen LogP contribution is -2.18. The van der Waals surface area contributed by atoms with E-state index in [2.05, 4.69) is 36.3 Å². The molecule has 35 heavy (non-hydrogen) atoms. The molecule has 1 N–H and O–H groups in total. The predicted octanol–water partition coefficient (Wildman–Crippen LogP) is 6.49. The first-order valence-electron chi connectivity index (χ1n) is 11.2. The van der Waals surface area contributed by atoms with Crippen LogP contribution in [-0.2, 0) is 22.9 Å². The van der Waals surface area contributed by atoms with E-state index in [-0.39, 0.29) is 16.9 Å². The van der Waals surface area contributed by atoms with Crippen LogP contribution in [0.1, 0.15) is 57.7 Å². The smallest absolute Gasteiger partial charge is 0.418 e. The van der Waals surface area contributed by atoms with Crippen molar-refractivity contribution in [3.8, 4) is 5.75 Å². The minimum absolute atomic E-state index is 0.0414. The van der Waals surface area contributed by atoms with Gasteiger partial charge in [-0.25, -0.2) is 0 Å². The number of benzene rings is 2. The molecule has 0 aliphatic rings. The first kappa shape index (κ1) is 26.6. The molecule has 0 radical (unpaired) electrons. The van der Waals surface area contributed by atoms with Crippen LogP contribution in [0.2, 0.25) is 0 Å². The molecule has 0 bridgehead atoms. The van der Waals surface area contributed by atoms with Crippen LogP contribution in [0.4, 0.5) is 18.9 Å². The molecule has 0 fully saturated rings. The minimum atomic E-state index is -4.56. The molecule has 0 saturated carbocycles. The van der Waals surface area contributed by atoms with Crippen molar-refractivity contribution in [2.24, 2.45) is 0 Å². The molecule has 1 heterocycles. The standard InChI is InChI=1S/C25H29F3N4O2S/c1-6-32-22(16(2)34-18-13-11-17(12-14-18)24(3,4)5)30-31-23(32)35-15-21(33)29-20-10-8-7-9-19(20)25(26,27)28/h7-14,16H,6,15H2,1-5H3,(H,29,33). The maximum atomic E-state index is 13.2. The van der Waals surface area contributed by atoms with Crippen molar-refractivity contribution in [3.05, 3.63) is 65.5 Å². The van der Waals surface area contributed by atoms with Crippen LogP contribution in [0.3, 0.4) is 0 Å². The van der Waals surface area contributed by atoms with Gasteiger partial charge in [0.15, 0.2) is 17.1 Å². The second-order valence-corrected chi connectivity index (χ2v) is 9.94. The van der Waals surface area contributed by atoms with Gasteiger partial charge in [-0.3, -0.25) is 4.79 Å². The maximum Gasteiger partial charge on any atom is 0.418 e. The highest BCUT2D eigenvalue weighted by atomic mass is 32.2. The molecule has 1 atom stereocenters. The minimum Gasteiger partial charge on any atom is -0.483 e. The highest BCUT2D eigenvalue weighted by molar-refractivity contribution is 7.99. The van der Waals surface area contributed by atoms with Crippen LogP contribution in [0.15, 0.2) is 53.7 Å². The molecular weight excluding hydrogens is 477 g/mol. The van der Waals surface area contributed by atoms with Crippen molar-refractivity contribution in [1.82, 2.24) is 14.8 Å². The van der Waals surface area contributed by atoms with Gasteiger partial charge in [0.25, 0.3) is 0 Å². The number of anilines is 1. The van der Waals surface area contributed by atoms with Crippen LogP contribution in [0, 0.1) is 0 Å². The van der Waals surface area contributed by atoms with E-state index in [1.54, 1.807) is 0 Å². The maximum absolute atomic E-state index is 13.2. The summed E-state index contributed by atoms with van der Waals surface area (Å²) in [7, 11) is 0. The van der Waals surface area contributed by atoms with Crippen molar-refractivity contribution >= 4 is 23.4 Å². The Bertz CT molecular complexity index is 1150.